The van der Waals surface area contributed by atoms with Crippen LogP contribution in [0.4, 0.5) is 0 Å². The summed E-state index contributed by atoms with van der Waals surface area (Å²) in [5.74, 6) is 0.322. The van der Waals surface area contributed by atoms with E-state index in [4.69, 9.17) is 10.5 Å². The number of ether oxygens (including phenoxy) is 1. The van der Waals surface area contributed by atoms with Gasteiger partial charge in [-0.25, -0.2) is 0 Å². The van der Waals surface area contributed by atoms with Crippen LogP contribution in [0, 0.1) is 11.8 Å². The number of hydrogen-bond acceptors (Lipinski definition) is 5. The lowest BCUT2D eigenvalue weighted by molar-refractivity contribution is -0.119. The first-order chi connectivity index (χ1) is 13.0. The van der Waals surface area contributed by atoms with Crippen LogP contribution in [0.15, 0.2) is 24.3 Å². The van der Waals surface area contributed by atoms with Crippen molar-refractivity contribution in [2.75, 3.05) is 45.9 Å². The standard InChI is InChI=1S/C20H29N3O4/c21-19(25)14-27-18-5-3-4-17(9-18)20(26)23-11-15(8-16(12-23)13-24)10-22-6-1-2-7-22/h3-5,9,15-16,24H,1-2,6-8,10-14H2,(H2,21,25). The van der Waals surface area contributed by atoms with Gasteiger partial charge in [0.1, 0.15) is 5.75 Å². The Morgan fingerprint density at radius 1 is 1.19 bits per heavy atom. The van der Waals surface area contributed by atoms with Crippen LogP contribution in [0.2, 0.25) is 0 Å². The van der Waals surface area contributed by atoms with Gasteiger partial charge in [-0.3, -0.25) is 9.59 Å². The van der Waals surface area contributed by atoms with Crippen LogP contribution in [0.3, 0.4) is 0 Å². The molecule has 3 N–H and O–H groups in total. The lowest BCUT2D eigenvalue weighted by Gasteiger charge is -2.38. The minimum atomic E-state index is -0.557. The molecule has 7 nitrogen and oxygen atoms in total. The second-order valence-corrected chi connectivity index (χ2v) is 7.65. The number of hydrogen-bond donors (Lipinski definition) is 2. The maximum Gasteiger partial charge on any atom is 0.255 e. The number of aliphatic hydroxyl groups is 1. The third-order valence-electron chi connectivity index (χ3n) is 5.35. The second kappa shape index (κ2) is 9.19. The van der Waals surface area contributed by atoms with Gasteiger partial charge in [-0.05, 0) is 62.4 Å². The van der Waals surface area contributed by atoms with Crippen molar-refractivity contribution in [1.82, 2.24) is 9.80 Å². The van der Waals surface area contributed by atoms with Gasteiger partial charge in [0.15, 0.2) is 6.61 Å². The van der Waals surface area contributed by atoms with E-state index in [1.54, 1.807) is 24.3 Å². The second-order valence-electron chi connectivity index (χ2n) is 7.65. The van der Waals surface area contributed by atoms with Crippen molar-refractivity contribution >= 4 is 11.8 Å². The summed E-state index contributed by atoms with van der Waals surface area (Å²) >= 11 is 0. The number of aliphatic hydroxyl groups excluding tert-OH is 1. The maximum atomic E-state index is 13.0. The van der Waals surface area contributed by atoms with E-state index in [9.17, 15) is 14.7 Å². The number of amides is 2. The minimum absolute atomic E-state index is 0.0657. The Morgan fingerprint density at radius 2 is 1.93 bits per heavy atom. The summed E-state index contributed by atoms with van der Waals surface area (Å²) in [6, 6.07) is 6.82. The third kappa shape index (κ3) is 5.43. The SMILES string of the molecule is NC(=O)COc1cccc(C(=O)N2CC(CO)CC(CN3CCCC3)C2)c1. The van der Waals surface area contributed by atoms with Crippen LogP contribution in [-0.4, -0.2) is 72.7 Å². The number of rotatable bonds is 7. The molecule has 0 aliphatic carbocycles. The highest BCUT2D eigenvalue weighted by Crippen LogP contribution is 2.26. The van der Waals surface area contributed by atoms with Gasteiger partial charge in [0.25, 0.3) is 11.8 Å². The summed E-state index contributed by atoms with van der Waals surface area (Å²) in [4.78, 5) is 28.2. The number of nitrogens with two attached hydrogens (primary N) is 1. The lowest BCUT2D eigenvalue weighted by Crippen LogP contribution is -2.47. The molecule has 2 fully saturated rings. The number of benzene rings is 1. The Morgan fingerprint density at radius 3 is 2.63 bits per heavy atom. The van der Waals surface area contributed by atoms with Crippen LogP contribution in [-0.2, 0) is 4.79 Å². The number of nitrogens with zero attached hydrogens (tertiary/aromatic N) is 2. The van der Waals surface area contributed by atoms with Crippen molar-refractivity contribution in [2.45, 2.75) is 19.3 Å². The highest BCUT2D eigenvalue weighted by Gasteiger charge is 2.31. The topological polar surface area (TPSA) is 96.1 Å². The Kier molecular flexibility index (Phi) is 6.68. The van der Waals surface area contributed by atoms with Gasteiger partial charge in [-0.1, -0.05) is 6.07 Å². The first-order valence-electron chi connectivity index (χ1n) is 9.69. The fourth-order valence-electron chi connectivity index (χ4n) is 4.14. The van der Waals surface area contributed by atoms with E-state index in [-0.39, 0.29) is 25.0 Å². The fourth-order valence-corrected chi connectivity index (χ4v) is 4.14. The van der Waals surface area contributed by atoms with Crippen LogP contribution in [0.1, 0.15) is 29.6 Å². The molecule has 1 aromatic rings. The quantitative estimate of drug-likeness (QED) is 0.732. The van der Waals surface area contributed by atoms with Crippen molar-refractivity contribution in [1.29, 1.82) is 0 Å². The molecule has 1 aromatic carbocycles. The molecule has 0 aromatic heterocycles. The zero-order valence-corrected chi connectivity index (χ0v) is 15.7. The van der Waals surface area contributed by atoms with Crippen molar-refractivity contribution in [2.24, 2.45) is 17.6 Å². The molecule has 148 valence electrons. The molecule has 3 rings (SSSR count). The van der Waals surface area contributed by atoms with E-state index >= 15 is 0 Å². The Labute approximate surface area is 160 Å². The summed E-state index contributed by atoms with van der Waals surface area (Å²) < 4.78 is 5.31. The Bertz CT molecular complexity index is 660. The van der Waals surface area contributed by atoms with E-state index < -0.39 is 5.91 Å². The average Bonchev–Trinajstić information content (AvgIpc) is 3.18. The average molecular weight is 375 g/mol. The predicted molar refractivity (Wildman–Crippen MR) is 101 cm³/mol. The van der Waals surface area contributed by atoms with Crippen molar-refractivity contribution in [3.05, 3.63) is 29.8 Å². The molecule has 27 heavy (non-hydrogen) atoms. The first kappa shape index (κ1) is 19.6. The van der Waals surface area contributed by atoms with Gasteiger partial charge >= 0.3 is 0 Å². The highest BCUT2D eigenvalue weighted by molar-refractivity contribution is 5.94. The van der Waals surface area contributed by atoms with Crippen molar-refractivity contribution in [3.63, 3.8) is 0 Å². The van der Waals surface area contributed by atoms with Gasteiger partial charge in [0, 0.05) is 31.8 Å². The normalized spacial score (nSPS) is 23.4. The maximum absolute atomic E-state index is 13.0. The van der Waals surface area contributed by atoms with E-state index in [1.165, 1.54) is 12.8 Å². The van der Waals surface area contributed by atoms with Crippen molar-refractivity contribution in [3.8, 4) is 5.75 Å². The van der Waals surface area contributed by atoms with Crippen LogP contribution in [0.5, 0.6) is 5.75 Å². The monoisotopic (exact) mass is 375 g/mol. The number of likely N-dealkylation sites (tertiary alicyclic amines) is 2. The molecule has 2 aliphatic heterocycles. The smallest absolute Gasteiger partial charge is 0.255 e. The largest absolute Gasteiger partial charge is 0.484 e. The summed E-state index contributed by atoms with van der Waals surface area (Å²) in [5, 5.41) is 9.69. The van der Waals surface area contributed by atoms with Gasteiger partial charge in [-0.15, -0.1) is 0 Å². The number of piperidine rings is 1. The third-order valence-corrected chi connectivity index (χ3v) is 5.35. The molecule has 0 bridgehead atoms. The molecule has 7 heteroatoms. The lowest BCUT2D eigenvalue weighted by atomic mass is 9.89. The molecule has 2 atom stereocenters. The predicted octanol–water partition coefficient (Wildman–Crippen LogP) is 0.717. The van der Waals surface area contributed by atoms with E-state index in [2.05, 4.69) is 4.90 Å². The Hall–Kier alpha value is -2.12. The van der Waals surface area contributed by atoms with Gasteiger partial charge in [-0.2, -0.15) is 0 Å². The van der Waals surface area contributed by atoms with Crippen LogP contribution >= 0.6 is 0 Å². The molecule has 2 unspecified atom stereocenters. The number of primary amides is 1. The molecule has 2 saturated heterocycles. The Balaban J connectivity index is 1.66. The van der Waals surface area contributed by atoms with E-state index in [0.29, 0.717) is 30.3 Å². The molecule has 2 heterocycles. The highest BCUT2D eigenvalue weighted by atomic mass is 16.5. The van der Waals surface area contributed by atoms with Crippen LogP contribution in [0.25, 0.3) is 0 Å². The molecular formula is C20H29N3O4. The summed E-state index contributed by atoms with van der Waals surface area (Å²) in [6.07, 6.45) is 3.45. The zero-order valence-electron chi connectivity index (χ0n) is 15.7. The van der Waals surface area contributed by atoms with Crippen LogP contribution < -0.4 is 10.5 Å². The van der Waals surface area contributed by atoms with E-state index in [1.807, 2.05) is 4.90 Å². The molecule has 2 aliphatic rings. The molecule has 2 amide bonds. The molecular weight excluding hydrogens is 346 g/mol. The first-order valence-corrected chi connectivity index (χ1v) is 9.69. The van der Waals surface area contributed by atoms with Gasteiger partial charge in [0.05, 0.1) is 0 Å². The van der Waals surface area contributed by atoms with Crippen molar-refractivity contribution < 1.29 is 19.4 Å². The fraction of sp³-hybridized carbons (Fsp3) is 0.600. The molecule has 0 saturated carbocycles. The molecule has 0 spiro atoms. The van der Waals surface area contributed by atoms with E-state index in [0.717, 1.165) is 26.1 Å². The van der Waals surface area contributed by atoms with Gasteiger partial charge in [0.2, 0.25) is 0 Å². The molecule has 0 radical (unpaired) electrons. The van der Waals surface area contributed by atoms with Gasteiger partial charge < -0.3 is 25.4 Å². The summed E-state index contributed by atoms with van der Waals surface area (Å²) in [5.41, 5.74) is 5.62. The summed E-state index contributed by atoms with van der Waals surface area (Å²) in [6.45, 7) is 4.41. The number of carbonyl (C=O) groups excluding carboxylic acids is 2. The minimum Gasteiger partial charge on any atom is -0.484 e. The zero-order chi connectivity index (χ0) is 19.2. The number of carbonyl (C=O) groups is 2. The summed E-state index contributed by atoms with van der Waals surface area (Å²) in [7, 11) is 0.